The Hall–Kier alpha value is -2.04. The first-order valence-electron chi connectivity index (χ1n) is 7.38. The monoisotopic (exact) mass is 364 g/mol. The van der Waals surface area contributed by atoms with Gasteiger partial charge in [-0.05, 0) is 43.7 Å². The number of carbonyl (C=O) groups excluding carboxylic acids is 2. The number of amides is 2. The highest BCUT2D eigenvalue weighted by molar-refractivity contribution is 6.42. The zero-order valence-electron chi connectivity index (χ0n) is 13.7. The van der Waals surface area contributed by atoms with E-state index in [0.29, 0.717) is 15.7 Å². The molecular formula is C18H18Cl2N2O2. The number of hydrogen-bond donors (Lipinski definition) is 1. The molecule has 2 amide bonds. The van der Waals surface area contributed by atoms with Crippen molar-refractivity contribution in [2.24, 2.45) is 0 Å². The molecule has 2 rings (SSSR count). The second kappa shape index (κ2) is 7.69. The first-order chi connectivity index (χ1) is 11.3. The van der Waals surface area contributed by atoms with Crippen LogP contribution in [0.5, 0.6) is 0 Å². The number of nitrogens with zero attached hydrogens (tertiary/aromatic N) is 1. The Balaban J connectivity index is 2.16. The summed E-state index contributed by atoms with van der Waals surface area (Å²) in [6.07, 6.45) is 0. The Morgan fingerprint density at radius 1 is 1.04 bits per heavy atom. The van der Waals surface area contributed by atoms with Crippen molar-refractivity contribution in [1.29, 1.82) is 0 Å². The molecule has 0 aliphatic carbocycles. The Labute approximate surface area is 151 Å². The van der Waals surface area contributed by atoms with E-state index in [1.54, 1.807) is 18.2 Å². The normalized spacial score (nSPS) is 10.4. The van der Waals surface area contributed by atoms with E-state index in [2.05, 4.69) is 5.32 Å². The maximum atomic E-state index is 12.3. The molecule has 0 fully saturated rings. The average molecular weight is 365 g/mol. The van der Waals surface area contributed by atoms with Gasteiger partial charge in [-0.3, -0.25) is 9.59 Å². The molecule has 0 saturated carbocycles. The minimum Gasteiger partial charge on any atom is -0.324 e. The predicted octanol–water partition coefficient (Wildman–Crippen LogP) is 4.60. The third-order valence-electron chi connectivity index (χ3n) is 3.53. The van der Waals surface area contributed by atoms with E-state index in [-0.39, 0.29) is 18.4 Å². The Kier molecular flexibility index (Phi) is 5.86. The van der Waals surface area contributed by atoms with Crippen molar-refractivity contribution < 1.29 is 9.59 Å². The van der Waals surface area contributed by atoms with E-state index in [0.717, 1.165) is 16.8 Å². The zero-order valence-corrected chi connectivity index (χ0v) is 15.2. The number of halogens is 2. The maximum Gasteiger partial charge on any atom is 0.244 e. The van der Waals surface area contributed by atoms with E-state index >= 15 is 0 Å². The van der Waals surface area contributed by atoms with Gasteiger partial charge >= 0.3 is 0 Å². The Morgan fingerprint density at radius 2 is 1.75 bits per heavy atom. The van der Waals surface area contributed by atoms with Crippen LogP contribution >= 0.6 is 23.2 Å². The van der Waals surface area contributed by atoms with Crippen LogP contribution in [0.15, 0.2) is 36.4 Å². The molecule has 0 unspecified atom stereocenters. The van der Waals surface area contributed by atoms with Crippen molar-refractivity contribution in [2.75, 3.05) is 16.8 Å². The summed E-state index contributed by atoms with van der Waals surface area (Å²) in [5, 5.41) is 3.49. The lowest BCUT2D eigenvalue weighted by molar-refractivity contribution is -0.120. The molecule has 126 valence electrons. The summed E-state index contributed by atoms with van der Waals surface area (Å²) < 4.78 is 0. The fourth-order valence-electron chi connectivity index (χ4n) is 2.39. The van der Waals surface area contributed by atoms with Crippen molar-refractivity contribution in [3.8, 4) is 0 Å². The molecule has 2 aromatic carbocycles. The summed E-state index contributed by atoms with van der Waals surface area (Å²) in [5.41, 5.74) is 3.28. The quantitative estimate of drug-likeness (QED) is 0.861. The standard InChI is InChI=1S/C18H18Cl2N2O2/c1-11-4-7-17(12(2)8-11)22(13(3)23)10-18(24)21-14-5-6-15(19)16(20)9-14/h4-9H,10H2,1-3H3,(H,21,24). The smallest absolute Gasteiger partial charge is 0.244 e. The van der Waals surface area contributed by atoms with E-state index < -0.39 is 0 Å². The Bertz CT molecular complexity index is 791. The molecule has 24 heavy (non-hydrogen) atoms. The second-order valence-corrected chi connectivity index (χ2v) is 6.39. The van der Waals surface area contributed by atoms with Gasteiger partial charge in [0.15, 0.2) is 0 Å². The summed E-state index contributed by atoms with van der Waals surface area (Å²) in [5.74, 6) is -0.519. The Morgan fingerprint density at radius 3 is 2.33 bits per heavy atom. The van der Waals surface area contributed by atoms with Crippen LogP contribution in [0.2, 0.25) is 10.0 Å². The highest BCUT2D eigenvalue weighted by atomic mass is 35.5. The van der Waals surface area contributed by atoms with Crippen molar-refractivity contribution in [3.63, 3.8) is 0 Å². The first kappa shape index (κ1) is 18.3. The molecule has 0 aromatic heterocycles. The van der Waals surface area contributed by atoms with Gasteiger partial charge < -0.3 is 10.2 Å². The van der Waals surface area contributed by atoms with Crippen LogP contribution < -0.4 is 10.2 Å². The molecule has 1 N–H and O–H groups in total. The van der Waals surface area contributed by atoms with Crippen LogP contribution in [0, 0.1) is 13.8 Å². The minimum absolute atomic E-state index is 0.0838. The van der Waals surface area contributed by atoms with Gasteiger partial charge in [-0.15, -0.1) is 0 Å². The summed E-state index contributed by atoms with van der Waals surface area (Å²) >= 11 is 11.8. The molecule has 0 radical (unpaired) electrons. The van der Waals surface area contributed by atoms with Crippen LogP contribution in [-0.4, -0.2) is 18.4 Å². The van der Waals surface area contributed by atoms with Crippen molar-refractivity contribution in [2.45, 2.75) is 20.8 Å². The number of hydrogen-bond acceptors (Lipinski definition) is 2. The highest BCUT2D eigenvalue weighted by Gasteiger charge is 2.18. The maximum absolute atomic E-state index is 12.3. The molecule has 6 heteroatoms. The molecule has 0 heterocycles. The van der Waals surface area contributed by atoms with Gasteiger partial charge in [0.1, 0.15) is 6.54 Å². The van der Waals surface area contributed by atoms with Gasteiger partial charge in [-0.2, -0.15) is 0 Å². The lowest BCUT2D eigenvalue weighted by Crippen LogP contribution is -2.37. The molecule has 0 aliphatic rings. The zero-order chi connectivity index (χ0) is 17.9. The number of anilines is 2. The highest BCUT2D eigenvalue weighted by Crippen LogP contribution is 2.25. The van der Waals surface area contributed by atoms with Gasteiger partial charge in [0.2, 0.25) is 11.8 Å². The van der Waals surface area contributed by atoms with Crippen molar-refractivity contribution >= 4 is 46.4 Å². The van der Waals surface area contributed by atoms with Crippen LogP contribution in [0.1, 0.15) is 18.1 Å². The number of carbonyl (C=O) groups is 2. The number of rotatable bonds is 4. The molecule has 0 aliphatic heterocycles. The van der Waals surface area contributed by atoms with Crippen LogP contribution in [0.25, 0.3) is 0 Å². The number of aryl methyl sites for hydroxylation is 2. The first-order valence-corrected chi connectivity index (χ1v) is 8.14. The molecule has 0 spiro atoms. The van der Waals surface area contributed by atoms with E-state index in [9.17, 15) is 9.59 Å². The fraction of sp³-hybridized carbons (Fsp3) is 0.222. The molecule has 2 aromatic rings. The largest absolute Gasteiger partial charge is 0.324 e. The third kappa shape index (κ3) is 4.49. The second-order valence-electron chi connectivity index (χ2n) is 5.57. The predicted molar refractivity (Wildman–Crippen MR) is 99.0 cm³/mol. The molecule has 4 nitrogen and oxygen atoms in total. The fourth-order valence-corrected chi connectivity index (χ4v) is 2.69. The van der Waals surface area contributed by atoms with E-state index in [1.165, 1.54) is 11.8 Å². The summed E-state index contributed by atoms with van der Waals surface area (Å²) in [7, 11) is 0. The molecule has 0 atom stereocenters. The molecule has 0 saturated heterocycles. The SMILES string of the molecule is CC(=O)N(CC(=O)Nc1ccc(Cl)c(Cl)c1)c1ccc(C)cc1C. The van der Waals surface area contributed by atoms with Gasteiger partial charge in [-0.25, -0.2) is 0 Å². The van der Waals surface area contributed by atoms with Gasteiger partial charge in [-0.1, -0.05) is 40.9 Å². The number of benzene rings is 2. The lowest BCUT2D eigenvalue weighted by atomic mass is 10.1. The van der Waals surface area contributed by atoms with Gasteiger partial charge in [0.25, 0.3) is 0 Å². The average Bonchev–Trinajstić information content (AvgIpc) is 2.49. The van der Waals surface area contributed by atoms with E-state index in [4.69, 9.17) is 23.2 Å². The number of nitrogens with one attached hydrogen (secondary N) is 1. The van der Waals surface area contributed by atoms with Gasteiger partial charge in [0.05, 0.1) is 10.0 Å². The molecular weight excluding hydrogens is 347 g/mol. The third-order valence-corrected chi connectivity index (χ3v) is 4.27. The molecule has 0 bridgehead atoms. The van der Waals surface area contributed by atoms with Crippen LogP contribution in [-0.2, 0) is 9.59 Å². The van der Waals surface area contributed by atoms with Crippen molar-refractivity contribution in [3.05, 3.63) is 57.6 Å². The van der Waals surface area contributed by atoms with Crippen LogP contribution in [0.4, 0.5) is 11.4 Å². The van der Waals surface area contributed by atoms with Crippen molar-refractivity contribution in [1.82, 2.24) is 0 Å². The summed E-state index contributed by atoms with van der Waals surface area (Å²) in [6, 6.07) is 10.6. The minimum atomic E-state index is -0.316. The summed E-state index contributed by atoms with van der Waals surface area (Å²) in [6.45, 7) is 5.24. The van der Waals surface area contributed by atoms with Gasteiger partial charge in [0, 0.05) is 18.3 Å². The van der Waals surface area contributed by atoms with E-state index in [1.807, 2.05) is 32.0 Å². The summed E-state index contributed by atoms with van der Waals surface area (Å²) in [4.78, 5) is 25.7. The topological polar surface area (TPSA) is 49.4 Å². The lowest BCUT2D eigenvalue weighted by Gasteiger charge is -2.23. The van der Waals surface area contributed by atoms with Crippen LogP contribution in [0.3, 0.4) is 0 Å².